The summed E-state index contributed by atoms with van der Waals surface area (Å²) in [7, 11) is 4.86. The topological polar surface area (TPSA) is 85.2 Å². The van der Waals surface area contributed by atoms with Gasteiger partial charge in [-0.15, -0.1) is 0 Å². The van der Waals surface area contributed by atoms with Gasteiger partial charge >= 0.3 is 0 Å². The molecule has 168 valence electrons. The third kappa shape index (κ3) is 4.13. The Bertz CT molecular complexity index is 984. The Morgan fingerprint density at radius 1 is 1.16 bits per heavy atom. The Balaban J connectivity index is 1.66. The Labute approximate surface area is 186 Å². The number of anilines is 2. The molecule has 2 aliphatic heterocycles. The minimum Gasteiger partial charge on any atom is -0.491 e. The number of fused-ring (bicyclic) bond motifs is 2. The van der Waals surface area contributed by atoms with Gasteiger partial charge in [-0.3, -0.25) is 4.57 Å². The van der Waals surface area contributed by atoms with Gasteiger partial charge in [-0.25, -0.2) is 0 Å². The number of ether oxygens (including phenoxy) is 6. The molecule has 1 fully saturated rings. The fourth-order valence-electron chi connectivity index (χ4n) is 3.85. The zero-order valence-electron chi connectivity index (χ0n) is 18.0. The summed E-state index contributed by atoms with van der Waals surface area (Å²) >= 11 is 5.57. The summed E-state index contributed by atoms with van der Waals surface area (Å²) < 4.78 is 36.8. The molecule has 1 saturated heterocycles. The van der Waals surface area contributed by atoms with Crippen molar-refractivity contribution in [1.29, 1.82) is 0 Å². The number of para-hydroxylation sites is 1. The van der Waals surface area contributed by atoms with Crippen LogP contribution in [0.4, 0.5) is 11.5 Å². The van der Waals surface area contributed by atoms with E-state index < -0.39 is 12.3 Å². The van der Waals surface area contributed by atoms with Crippen LogP contribution in [-0.4, -0.2) is 62.4 Å². The molecule has 31 heavy (non-hydrogen) atoms. The van der Waals surface area contributed by atoms with Crippen LogP contribution in [0.5, 0.6) is 17.2 Å². The molecule has 2 aromatic rings. The number of nitrogens with one attached hydrogen (secondary N) is 1. The Hall–Kier alpha value is -2.24. The maximum absolute atomic E-state index is 6.18. The molecule has 1 aromatic heterocycles. The van der Waals surface area contributed by atoms with Crippen molar-refractivity contribution in [2.45, 2.75) is 37.9 Å². The molecule has 3 heterocycles. The van der Waals surface area contributed by atoms with Gasteiger partial charge in [0.15, 0.2) is 23.5 Å². The third-order valence-electron chi connectivity index (χ3n) is 5.27. The highest BCUT2D eigenvalue weighted by Crippen LogP contribution is 2.46. The van der Waals surface area contributed by atoms with Crippen LogP contribution in [0.3, 0.4) is 0 Å². The van der Waals surface area contributed by atoms with Gasteiger partial charge in [-0.1, -0.05) is 13.0 Å². The molecular weight excluding hydrogens is 422 g/mol. The fourth-order valence-corrected chi connectivity index (χ4v) is 4.10. The molecule has 1 aromatic carbocycles. The first-order chi connectivity index (χ1) is 15.1. The van der Waals surface area contributed by atoms with Crippen LogP contribution >= 0.6 is 12.2 Å². The van der Waals surface area contributed by atoms with Gasteiger partial charge < -0.3 is 33.7 Å². The van der Waals surface area contributed by atoms with Gasteiger partial charge in [-0.05, 0) is 30.8 Å². The first kappa shape index (κ1) is 22.0. The van der Waals surface area contributed by atoms with E-state index in [0.717, 1.165) is 12.1 Å². The summed E-state index contributed by atoms with van der Waals surface area (Å²) in [6, 6.07) is 5.65. The molecule has 4 rings (SSSR count). The quantitative estimate of drug-likeness (QED) is 0.516. The Morgan fingerprint density at radius 3 is 2.68 bits per heavy atom. The molecule has 0 bridgehead atoms. The average Bonchev–Trinajstić information content (AvgIpc) is 3.13. The summed E-state index contributed by atoms with van der Waals surface area (Å²) in [6.07, 6.45) is 1.13. The molecule has 0 saturated carbocycles. The Kier molecular flexibility index (Phi) is 6.73. The van der Waals surface area contributed by atoms with E-state index in [1.807, 2.05) is 18.2 Å². The molecule has 0 radical (unpaired) electrons. The van der Waals surface area contributed by atoms with E-state index in [4.69, 9.17) is 40.6 Å². The van der Waals surface area contributed by atoms with Gasteiger partial charge in [0.05, 0.1) is 19.4 Å². The minimum atomic E-state index is -0.537. The maximum Gasteiger partial charge on any atom is 0.203 e. The summed E-state index contributed by atoms with van der Waals surface area (Å²) in [5.41, 5.74) is 0.731. The van der Waals surface area contributed by atoms with Gasteiger partial charge in [0.1, 0.15) is 29.7 Å². The first-order valence-electron chi connectivity index (χ1n) is 10.1. The van der Waals surface area contributed by atoms with Crippen molar-refractivity contribution in [2.75, 3.05) is 39.9 Å². The number of rotatable bonds is 8. The van der Waals surface area contributed by atoms with Crippen molar-refractivity contribution in [3.63, 3.8) is 0 Å². The van der Waals surface area contributed by atoms with Gasteiger partial charge in [0, 0.05) is 21.3 Å². The zero-order chi connectivity index (χ0) is 22.0. The second kappa shape index (κ2) is 9.49. The third-order valence-corrected chi connectivity index (χ3v) is 5.57. The van der Waals surface area contributed by atoms with Crippen molar-refractivity contribution in [3.05, 3.63) is 29.2 Å². The molecule has 2 aliphatic rings. The highest BCUT2D eigenvalue weighted by Gasteiger charge is 2.46. The van der Waals surface area contributed by atoms with Crippen LogP contribution in [0.1, 0.15) is 19.6 Å². The van der Waals surface area contributed by atoms with Crippen molar-refractivity contribution in [1.82, 2.24) is 9.55 Å². The molecular formula is C21H27N3O6S. The van der Waals surface area contributed by atoms with Crippen LogP contribution in [0.15, 0.2) is 24.4 Å². The van der Waals surface area contributed by atoms with E-state index in [0.29, 0.717) is 41.1 Å². The van der Waals surface area contributed by atoms with E-state index in [1.54, 1.807) is 32.1 Å². The predicted molar refractivity (Wildman–Crippen MR) is 116 cm³/mol. The first-order valence-corrected chi connectivity index (χ1v) is 10.6. The summed E-state index contributed by atoms with van der Waals surface area (Å²) in [5, 5.41) is 3.29. The van der Waals surface area contributed by atoms with E-state index in [9.17, 15) is 0 Å². The lowest BCUT2D eigenvalue weighted by atomic mass is 10.1. The molecule has 0 amide bonds. The van der Waals surface area contributed by atoms with Crippen LogP contribution in [0, 0.1) is 4.77 Å². The lowest BCUT2D eigenvalue weighted by molar-refractivity contribution is -0.0665. The highest BCUT2D eigenvalue weighted by atomic mass is 32.1. The van der Waals surface area contributed by atoms with Gasteiger partial charge in [0.2, 0.25) is 4.77 Å². The standard InChI is InChI=1S/C21H27N3O6S/c1-5-9-28-12-7-6-8-13-16(12)22-19-14(29-13)10-24(21(31)23-19)20-18(27-4)17(26-3)15(30-20)11-25-2/h6-8,10,15,17-18,20H,5,9,11H2,1-4H3,(H,22,23,31)/t15-,17?,18+,20-/m1/s1. The number of aromatic nitrogens is 2. The largest absolute Gasteiger partial charge is 0.491 e. The second-order valence-corrected chi connectivity index (χ2v) is 7.63. The van der Waals surface area contributed by atoms with Crippen LogP contribution < -0.4 is 14.8 Å². The second-order valence-electron chi connectivity index (χ2n) is 7.27. The maximum atomic E-state index is 6.18. The van der Waals surface area contributed by atoms with Gasteiger partial charge in [0.25, 0.3) is 0 Å². The zero-order valence-corrected chi connectivity index (χ0v) is 18.8. The predicted octanol–water partition coefficient (Wildman–Crippen LogP) is 3.82. The average molecular weight is 450 g/mol. The fraction of sp³-hybridized carbons (Fsp3) is 0.524. The van der Waals surface area contributed by atoms with Crippen molar-refractivity contribution >= 4 is 23.7 Å². The Morgan fingerprint density at radius 2 is 1.97 bits per heavy atom. The summed E-state index contributed by atoms with van der Waals surface area (Å²) in [6.45, 7) is 3.04. The lowest BCUT2D eigenvalue weighted by Crippen LogP contribution is -2.37. The summed E-state index contributed by atoms with van der Waals surface area (Å²) in [4.78, 5) is 4.55. The summed E-state index contributed by atoms with van der Waals surface area (Å²) in [5.74, 6) is 2.40. The number of benzene rings is 1. The van der Waals surface area contributed by atoms with E-state index in [1.165, 1.54) is 0 Å². The van der Waals surface area contributed by atoms with E-state index >= 15 is 0 Å². The molecule has 1 N–H and O–H groups in total. The lowest BCUT2D eigenvalue weighted by Gasteiger charge is -2.26. The highest BCUT2D eigenvalue weighted by molar-refractivity contribution is 7.71. The van der Waals surface area contributed by atoms with Crippen LogP contribution in [-0.2, 0) is 18.9 Å². The van der Waals surface area contributed by atoms with E-state index in [-0.39, 0.29) is 12.2 Å². The molecule has 4 atom stereocenters. The number of hydrogen-bond donors (Lipinski definition) is 1. The molecule has 1 unspecified atom stereocenters. The van der Waals surface area contributed by atoms with Crippen molar-refractivity contribution in [2.24, 2.45) is 0 Å². The van der Waals surface area contributed by atoms with Crippen LogP contribution in [0.2, 0.25) is 0 Å². The normalized spacial score (nSPS) is 24.1. The van der Waals surface area contributed by atoms with Gasteiger partial charge in [-0.2, -0.15) is 4.98 Å². The molecule has 10 heteroatoms. The van der Waals surface area contributed by atoms with Crippen molar-refractivity contribution in [3.8, 4) is 17.2 Å². The van der Waals surface area contributed by atoms with E-state index in [2.05, 4.69) is 17.2 Å². The molecule has 0 aliphatic carbocycles. The van der Waals surface area contributed by atoms with Crippen LogP contribution in [0.25, 0.3) is 0 Å². The number of methoxy groups -OCH3 is 3. The smallest absolute Gasteiger partial charge is 0.203 e. The molecule has 0 spiro atoms. The SMILES string of the molecule is CCCOc1cccc2c1Nc1nc(=S)n([C@@H]3O[C@H](COC)C(OC)[C@@H]3OC)cc1O2. The minimum absolute atomic E-state index is 0.305. The number of nitrogens with zero attached hydrogens (tertiary/aromatic N) is 2. The molecule has 9 nitrogen and oxygen atoms in total. The van der Waals surface area contributed by atoms with Crippen molar-refractivity contribution < 1.29 is 28.4 Å². The monoisotopic (exact) mass is 449 g/mol. The number of hydrogen-bond acceptors (Lipinski definition) is 9.